The Morgan fingerprint density at radius 1 is 1.00 bits per heavy atom. The van der Waals surface area contributed by atoms with Crippen LogP contribution in [0.5, 0.6) is 0 Å². The van der Waals surface area contributed by atoms with E-state index in [1.165, 1.54) is 49.9 Å². The Morgan fingerprint density at radius 3 is 2.26 bits per heavy atom. The quantitative estimate of drug-likeness (QED) is 0.683. The van der Waals surface area contributed by atoms with E-state index in [0.29, 0.717) is 16.4 Å². The fourth-order valence-corrected chi connectivity index (χ4v) is 7.04. The van der Waals surface area contributed by atoms with Crippen molar-refractivity contribution in [3.8, 4) is 0 Å². The third kappa shape index (κ3) is 4.00. The third-order valence-corrected chi connectivity index (χ3v) is 8.29. The monoisotopic (exact) mass is 438 g/mol. The van der Waals surface area contributed by atoms with Crippen LogP contribution in [0.1, 0.15) is 74.7 Å². The highest BCUT2D eigenvalue weighted by Gasteiger charge is 2.53. The van der Waals surface area contributed by atoms with Gasteiger partial charge in [0.2, 0.25) is 11.0 Å². The van der Waals surface area contributed by atoms with E-state index in [-0.39, 0.29) is 17.2 Å². The van der Waals surface area contributed by atoms with Gasteiger partial charge in [-0.25, -0.2) is 0 Å². The number of hydrogen-bond donors (Lipinski definition) is 2. The van der Waals surface area contributed by atoms with E-state index in [0.717, 1.165) is 22.8 Å². The molecule has 0 spiro atoms. The lowest BCUT2D eigenvalue weighted by molar-refractivity contribution is -0.123. The number of amides is 2. The summed E-state index contributed by atoms with van der Waals surface area (Å²) in [7, 11) is 0. The largest absolute Gasteiger partial charge is 0.326 e. The van der Waals surface area contributed by atoms with Crippen LogP contribution < -0.4 is 10.6 Å². The Labute approximate surface area is 187 Å². The lowest BCUT2D eigenvalue weighted by atomic mass is 9.50. The molecule has 4 saturated carbocycles. The molecule has 31 heavy (non-hydrogen) atoms. The lowest BCUT2D eigenvalue weighted by Gasteiger charge is -2.55. The van der Waals surface area contributed by atoms with E-state index in [1.807, 2.05) is 20.8 Å². The van der Waals surface area contributed by atoms with Crippen LogP contribution in [-0.4, -0.2) is 22.0 Å². The van der Waals surface area contributed by atoms with E-state index in [9.17, 15) is 9.59 Å². The fraction of sp³-hybridized carbons (Fsp3) is 0.583. The molecule has 2 aromatic rings. The molecular weight excluding hydrogens is 408 g/mol. The number of nitrogens with zero attached hydrogens (tertiary/aromatic N) is 2. The van der Waals surface area contributed by atoms with Gasteiger partial charge in [0.25, 0.3) is 5.91 Å². The molecule has 4 fully saturated rings. The predicted octanol–water partition coefficient (Wildman–Crippen LogP) is 5.24. The first-order valence-corrected chi connectivity index (χ1v) is 12.1. The summed E-state index contributed by atoms with van der Waals surface area (Å²) in [5, 5.41) is 16.3. The average Bonchev–Trinajstić information content (AvgIpc) is 3.16. The first kappa shape index (κ1) is 20.6. The zero-order chi connectivity index (χ0) is 21.8. The van der Waals surface area contributed by atoms with Crippen LogP contribution in [0.15, 0.2) is 24.3 Å². The van der Waals surface area contributed by atoms with Crippen LogP contribution in [0.3, 0.4) is 0 Å². The summed E-state index contributed by atoms with van der Waals surface area (Å²) in [6, 6.07) is 6.99. The Kier molecular flexibility index (Phi) is 4.92. The average molecular weight is 439 g/mol. The molecule has 4 bridgehead atoms. The Bertz CT molecular complexity index is 987. The highest BCUT2D eigenvalue weighted by atomic mass is 32.1. The summed E-state index contributed by atoms with van der Waals surface area (Å²) < 4.78 is 0. The Morgan fingerprint density at radius 2 is 1.65 bits per heavy atom. The Balaban J connectivity index is 1.29. The normalized spacial score (nSPS) is 29.1. The van der Waals surface area contributed by atoms with Crippen molar-refractivity contribution in [1.29, 1.82) is 0 Å². The van der Waals surface area contributed by atoms with E-state index >= 15 is 0 Å². The van der Waals surface area contributed by atoms with Gasteiger partial charge in [-0.15, -0.1) is 10.2 Å². The van der Waals surface area contributed by atoms with Gasteiger partial charge < -0.3 is 5.32 Å². The zero-order valence-electron chi connectivity index (χ0n) is 18.4. The van der Waals surface area contributed by atoms with Crippen molar-refractivity contribution in [3.05, 3.63) is 34.8 Å². The van der Waals surface area contributed by atoms with Gasteiger partial charge in [0.15, 0.2) is 0 Å². The number of rotatable bonds is 4. The molecule has 0 unspecified atom stereocenters. The fourth-order valence-electron chi connectivity index (χ4n) is 6.09. The minimum Gasteiger partial charge on any atom is -0.326 e. The summed E-state index contributed by atoms with van der Waals surface area (Å²) in [6.45, 7) is 5.57. The molecule has 1 heterocycles. The number of hydrogen-bond acceptors (Lipinski definition) is 5. The van der Waals surface area contributed by atoms with Gasteiger partial charge in [-0.05, 0) is 74.5 Å². The van der Waals surface area contributed by atoms with Gasteiger partial charge in [-0.1, -0.05) is 38.2 Å². The summed E-state index contributed by atoms with van der Waals surface area (Å²) in [4.78, 5) is 25.1. The second-order valence-corrected chi connectivity index (χ2v) is 11.8. The van der Waals surface area contributed by atoms with E-state index in [2.05, 4.69) is 20.8 Å². The van der Waals surface area contributed by atoms with Gasteiger partial charge in [0.1, 0.15) is 5.01 Å². The molecule has 6 rings (SSSR count). The SMILES string of the molecule is CC(C)(C)C(=O)Nc1cccc(C(=O)Nc2nnc(C34CC5CC(CC(C5)C3)C4)s2)c1. The van der Waals surface area contributed by atoms with Crippen molar-refractivity contribution in [1.82, 2.24) is 10.2 Å². The molecule has 0 saturated heterocycles. The molecule has 4 aliphatic rings. The zero-order valence-corrected chi connectivity index (χ0v) is 19.2. The van der Waals surface area contributed by atoms with E-state index in [4.69, 9.17) is 0 Å². The minimum atomic E-state index is -0.502. The van der Waals surface area contributed by atoms with Gasteiger partial charge in [-0.3, -0.25) is 14.9 Å². The van der Waals surface area contributed by atoms with Gasteiger partial charge >= 0.3 is 0 Å². The molecule has 0 aliphatic heterocycles. The van der Waals surface area contributed by atoms with Crippen LogP contribution in [0.4, 0.5) is 10.8 Å². The molecular formula is C24H30N4O2S. The van der Waals surface area contributed by atoms with Crippen molar-refractivity contribution in [2.45, 2.75) is 64.7 Å². The van der Waals surface area contributed by atoms with Crippen molar-refractivity contribution in [2.24, 2.45) is 23.2 Å². The standard InChI is InChI=1S/C24H30N4O2S/c1-23(2,3)20(30)25-18-6-4-5-17(10-18)19(29)26-22-28-27-21(31-22)24-11-14-7-15(12-24)9-16(8-14)13-24/h4-6,10,14-16H,7-9,11-13H2,1-3H3,(H,25,30)(H,26,28,29). The third-order valence-electron chi connectivity index (χ3n) is 7.20. The number of aromatic nitrogens is 2. The van der Waals surface area contributed by atoms with Crippen molar-refractivity contribution < 1.29 is 9.59 Å². The van der Waals surface area contributed by atoms with Gasteiger partial charge in [-0.2, -0.15) is 0 Å². The van der Waals surface area contributed by atoms with Crippen LogP contribution in [0, 0.1) is 23.2 Å². The Hall–Kier alpha value is -2.28. The number of anilines is 2. The van der Waals surface area contributed by atoms with Crippen LogP contribution in [-0.2, 0) is 10.2 Å². The molecule has 0 atom stereocenters. The van der Waals surface area contributed by atoms with Gasteiger partial charge in [0.05, 0.1) is 0 Å². The van der Waals surface area contributed by atoms with Crippen LogP contribution in [0.2, 0.25) is 0 Å². The molecule has 0 radical (unpaired) electrons. The smallest absolute Gasteiger partial charge is 0.257 e. The molecule has 2 amide bonds. The maximum Gasteiger partial charge on any atom is 0.257 e. The summed E-state index contributed by atoms with van der Waals surface area (Å²) in [5.74, 6) is 2.21. The maximum atomic E-state index is 12.8. The lowest BCUT2D eigenvalue weighted by Crippen LogP contribution is -2.48. The number of nitrogens with one attached hydrogen (secondary N) is 2. The summed E-state index contributed by atoms with van der Waals surface area (Å²) in [5.41, 5.74) is 0.780. The number of benzene rings is 1. The maximum absolute atomic E-state index is 12.8. The van der Waals surface area contributed by atoms with Crippen molar-refractivity contribution in [2.75, 3.05) is 10.6 Å². The minimum absolute atomic E-state index is 0.0885. The van der Waals surface area contributed by atoms with Crippen LogP contribution in [0.25, 0.3) is 0 Å². The van der Waals surface area contributed by atoms with Crippen LogP contribution >= 0.6 is 11.3 Å². The first-order valence-electron chi connectivity index (χ1n) is 11.3. The summed E-state index contributed by atoms with van der Waals surface area (Å²) >= 11 is 1.54. The van der Waals surface area contributed by atoms with Crippen molar-refractivity contribution >= 4 is 34.0 Å². The highest BCUT2D eigenvalue weighted by molar-refractivity contribution is 7.15. The molecule has 6 nitrogen and oxygen atoms in total. The van der Waals surface area contributed by atoms with Crippen molar-refractivity contribution in [3.63, 3.8) is 0 Å². The molecule has 164 valence electrons. The molecule has 4 aliphatic carbocycles. The molecule has 1 aromatic carbocycles. The second kappa shape index (κ2) is 7.40. The second-order valence-electron chi connectivity index (χ2n) is 10.8. The topological polar surface area (TPSA) is 84.0 Å². The number of carbonyl (C=O) groups excluding carboxylic acids is 2. The molecule has 2 N–H and O–H groups in total. The first-order chi connectivity index (χ1) is 14.7. The molecule has 7 heteroatoms. The number of carbonyl (C=O) groups is 2. The van der Waals surface area contributed by atoms with E-state index in [1.54, 1.807) is 24.3 Å². The highest BCUT2D eigenvalue weighted by Crippen LogP contribution is 2.61. The van der Waals surface area contributed by atoms with E-state index < -0.39 is 5.41 Å². The molecule has 1 aromatic heterocycles. The predicted molar refractivity (Wildman–Crippen MR) is 122 cm³/mol. The van der Waals surface area contributed by atoms with Gasteiger partial charge in [0, 0.05) is 22.1 Å². The summed E-state index contributed by atoms with van der Waals surface area (Å²) in [6.07, 6.45) is 7.88.